The lowest BCUT2D eigenvalue weighted by molar-refractivity contribution is -0.124. The molecule has 3 aliphatic carbocycles. The molecule has 0 spiro atoms. The van der Waals surface area contributed by atoms with Crippen molar-refractivity contribution >= 4 is 5.78 Å². The van der Waals surface area contributed by atoms with Crippen molar-refractivity contribution in [2.45, 2.75) is 25.7 Å². The first-order valence-electron chi connectivity index (χ1n) is 5.47. The van der Waals surface area contributed by atoms with Crippen LogP contribution >= 0.6 is 0 Å². The maximum absolute atomic E-state index is 12.0. The molecule has 14 heavy (non-hydrogen) atoms. The van der Waals surface area contributed by atoms with Gasteiger partial charge >= 0.3 is 0 Å². The predicted molar refractivity (Wildman–Crippen MR) is 51.1 cm³/mol. The van der Waals surface area contributed by atoms with Crippen molar-refractivity contribution in [3.63, 3.8) is 0 Å². The zero-order valence-electron chi connectivity index (χ0n) is 8.07. The number of ketones is 1. The van der Waals surface area contributed by atoms with Gasteiger partial charge in [0.05, 0.1) is 12.0 Å². The molecule has 0 radical (unpaired) electrons. The number of Topliss-reactive ketones (excluding diaryl/α,β-unsaturated/α-hetero) is 1. The van der Waals surface area contributed by atoms with Gasteiger partial charge in [0.2, 0.25) is 0 Å². The highest BCUT2D eigenvalue weighted by Crippen LogP contribution is 2.54. The van der Waals surface area contributed by atoms with Gasteiger partial charge in [-0.05, 0) is 31.1 Å². The molecule has 0 aromatic heterocycles. The third-order valence-corrected chi connectivity index (χ3v) is 4.30. The normalized spacial score (nSPS) is 44.5. The highest BCUT2D eigenvalue weighted by atomic mass is 16.1. The number of nitrogens with zero attached hydrogens (tertiary/aromatic N) is 1. The van der Waals surface area contributed by atoms with E-state index in [1.807, 2.05) is 6.08 Å². The Kier molecular flexibility index (Phi) is 1.58. The van der Waals surface area contributed by atoms with E-state index in [0.29, 0.717) is 17.6 Å². The fourth-order valence-electron chi connectivity index (χ4n) is 3.75. The number of nitriles is 1. The lowest BCUT2D eigenvalue weighted by atomic mass is 9.84. The zero-order valence-corrected chi connectivity index (χ0v) is 8.07. The molecule has 72 valence electrons. The van der Waals surface area contributed by atoms with Gasteiger partial charge < -0.3 is 0 Å². The molecule has 0 aliphatic heterocycles. The third kappa shape index (κ3) is 0.829. The molecule has 4 atom stereocenters. The monoisotopic (exact) mass is 187 g/mol. The van der Waals surface area contributed by atoms with Gasteiger partial charge in [-0.2, -0.15) is 5.26 Å². The molecule has 2 nitrogen and oxygen atoms in total. The van der Waals surface area contributed by atoms with Crippen LogP contribution in [0.2, 0.25) is 0 Å². The van der Waals surface area contributed by atoms with Crippen LogP contribution in [0.1, 0.15) is 25.7 Å². The molecule has 0 heterocycles. The van der Waals surface area contributed by atoms with Crippen LogP contribution in [0.4, 0.5) is 0 Å². The largest absolute Gasteiger partial charge is 0.299 e. The third-order valence-electron chi connectivity index (χ3n) is 4.30. The predicted octanol–water partition coefficient (Wildman–Crippen LogP) is 2.07. The average Bonchev–Trinajstić information content (AvgIpc) is 2.70. The molecule has 0 unspecified atom stereocenters. The second kappa shape index (κ2) is 2.70. The Balaban J connectivity index is 2.05. The molecule has 0 N–H and O–H groups in total. The number of allylic oxidation sites excluding steroid dienone is 2. The first-order chi connectivity index (χ1) is 6.83. The zero-order chi connectivity index (χ0) is 9.71. The van der Waals surface area contributed by atoms with E-state index >= 15 is 0 Å². The molecule has 2 bridgehead atoms. The highest BCUT2D eigenvalue weighted by Gasteiger charge is 2.54. The SMILES string of the molecule is N#CC1=CC[C@@H]2C(=O)[C@H]1[C@H]1CCC[C@H]12. The van der Waals surface area contributed by atoms with Gasteiger partial charge in [0, 0.05) is 11.5 Å². The van der Waals surface area contributed by atoms with Crippen LogP contribution in [0.15, 0.2) is 11.6 Å². The highest BCUT2D eigenvalue weighted by molar-refractivity contribution is 5.91. The number of rotatable bonds is 0. The van der Waals surface area contributed by atoms with E-state index in [0.717, 1.165) is 18.4 Å². The van der Waals surface area contributed by atoms with Crippen LogP contribution in [-0.2, 0) is 4.79 Å². The Morgan fingerprint density at radius 1 is 1.36 bits per heavy atom. The molecule has 0 aromatic carbocycles. The molecular weight excluding hydrogens is 174 g/mol. The van der Waals surface area contributed by atoms with Crippen molar-refractivity contribution in [3.8, 4) is 6.07 Å². The average molecular weight is 187 g/mol. The number of hydrogen-bond donors (Lipinski definition) is 0. The fourth-order valence-corrected chi connectivity index (χ4v) is 3.75. The molecule has 3 aliphatic rings. The lowest BCUT2D eigenvalue weighted by Gasteiger charge is -2.17. The summed E-state index contributed by atoms with van der Waals surface area (Å²) in [6.07, 6.45) is 6.48. The van der Waals surface area contributed by atoms with Crippen molar-refractivity contribution in [1.82, 2.24) is 0 Å². The van der Waals surface area contributed by atoms with Gasteiger partial charge in [-0.1, -0.05) is 12.5 Å². The van der Waals surface area contributed by atoms with Crippen LogP contribution in [0.3, 0.4) is 0 Å². The molecule has 0 aromatic rings. The molecule has 2 heteroatoms. The Bertz CT molecular complexity index is 363. The summed E-state index contributed by atoms with van der Waals surface area (Å²) in [4.78, 5) is 12.0. The first-order valence-corrected chi connectivity index (χ1v) is 5.47. The van der Waals surface area contributed by atoms with Crippen LogP contribution in [0.25, 0.3) is 0 Å². The fraction of sp³-hybridized carbons (Fsp3) is 0.667. The van der Waals surface area contributed by atoms with E-state index in [4.69, 9.17) is 5.26 Å². The van der Waals surface area contributed by atoms with Crippen LogP contribution in [0, 0.1) is 35.0 Å². The Hall–Kier alpha value is -1.10. The Labute approximate surface area is 83.6 Å². The summed E-state index contributed by atoms with van der Waals surface area (Å²) in [6, 6.07) is 2.21. The van der Waals surface area contributed by atoms with E-state index in [9.17, 15) is 4.79 Å². The molecule has 2 fully saturated rings. The molecule has 0 saturated heterocycles. The van der Waals surface area contributed by atoms with Gasteiger partial charge in [-0.25, -0.2) is 0 Å². The second-order valence-electron chi connectivity index (χ2n) is 4.75. The Morgan fingerprint density at radius 2 is 2.14 bits per heavy atom. The summed E-state index contributed by atoms with van der Waals surface area (Å²) in [6.45, 7) is 0. The van der Waals surface area contributed by atoms with Crippen LogP contribution in [-0.4, -0.2) is 5.78 Å². The molecule has 2 saturated carbocycles. The van der Waals surface area contributed by atoms with Gasteiger partial charge in [0.1, 0.15) is 5.78 Å². The Morgan fingerprint density at radius 3 is 2.93 bits per heavy atom. The van der Waals surface area contributed by atoms with Gasteiger partial charge in [0.25, 0.3) is 0 Å². The number of fused-ring (bicyclic) bond motifs is 5. The maximum atomic E-state index is 12.0. The van der Waals surface area contributed by atoms with Gasteiger partial charge in [-0.15, -0.1) is 0 Å². The summed E-state index contributed by atoms with van der Waals surface area (Å²) >= 11 is 0. The minimum absolute atomic E-state index is 0.00810. The molecule has 3 rings (SSSR count). The van der Waals surface area contributed by atoms with Crippen molar-refractivity contribution in [3.05, 3.63) is 11.6 Å². The summed E-state index contributed by atoms with van der Waals surface area (Å²) < 4.78 is 0. The quantitative estimate of drug-likeness (QED) is 0.582. The van der Waals surface area contributed by atoms with Crippen molar-refractivity contribution in [1.29, 1.82) is 5.26 Å². The van der Waals surface area contributed by atoms with E-state index in [1.54, 1.807) is 0 Å². The number of carbonyl (C=O) groups is 1. The minimum Gasteiger partial charge on any atom is -0.299 e. The summed E-state index contributed by atoms with van der Waals surface area (Å²) in [7, 11) is 0. The topological polar surface area (TPSA) is 40.9 Å². The van der Waals surface area contributed by atoms with Crippen molar-refractivity contribution in [2.24, 2.45) is 23.7 Å². The van der Waals surface area contributed by atoms with Crippen molar-refractivity contribution in [2.75, 3.05) is 0 Å². The van der Waals surface area contributed by atoms with E-state index in [1.165, 1.54) is 12.8 Å². The van der Waals surface area contributed by atoms with Crippen molar-refractivity contribution < 1.29 is 4.79 Å². The second-order valence-corrected chi connectivity index (χ2v) is 4.75. The summed E-state index contributed by atoms with van der Waals surface area (Å²) in [5.41, 5.74) is 0.764. The summed E-state index contributed by atoms with van der Waals surface area (Å²) in [5.74, 6) is 1.75. The minimum atomic E-state index is -0.00810. The van der Waals surface area contributed by atoms with Crippen LogP contribution < -0.4 is 0 Å². The maximum Gasteiger partial charge on any atom is 0.145 e. The van der Waals surface area contributed by atoms with Gasteiger partial charge in [-0.3, -0.25) is 4.79 Å². The first kappa shape index (κ1) is 8.23. The van der Waals surface area contributed by atoms with E-state index in [2.05, 4.69) is 6.07 Å². The molecular formula is C12H13NO. The molecule has 0 amide bonds. The number of carbonyl (C=O) groups excluding carboxylic acids is 1. The smallest absolute Gasteiger partial charge is 0.145 e. The van der Waals surface area contributed by atoms with E-state index < -0.39 is 0 Å². The van der Waals surface area contributed by atoms with E-state index in [-0.39, 0.29) is 11.8 Å². The van der Waals surface area contributed by atoms with Gasteiger partial charge in [0.15, 0.2) is 0 Å². The lowest BCUT2D eigenvalue weighted by Crippen LogP contribution is -2.22. The van der Waals surface area contributed by atoms with Crippen LogP contribution in [0.5, 0.6) is 0 Å². The summed E-state index contributed by atoms with van der Waals surface area (Å²) in [5, 5.41) is 8.98. The standard InChI is InChI=1S/C12H13NO/c13-6-7-4-5-10-8-2-1-3-9(8)11(7)12(10)14/h4,8-11H,1-3,5H2/t8-,9+,10+,11-/m1/s1. The number of hydrogen-bond acceptors (Lipinski definition) is 2.